The van der Waals surface area contributed by atoms with E-state index in [0.29, 0.717) is 12.8 Å². The van der Waals surface area contributed by atoms with Gasteiger partial charge in [0, 0.05) is 0 Å². The summed E-state index contributed by atoms with van der Waals surface area (Å²) >= 11 is 0. The zero-order chi connectivity index (χ0) is 20.9. The average Bonchev–Trinajstić information content (AvgIpc) is 2.57. The quantitative estimate of drug-likeness (QED) is 0.0905. The van der Waals surface area contributed by atoms with Gasteiger partial charge in [-0.15, -0.1) is 0 Å². The van der Waals surface area contributed by atoms with Crippen LogP contribution in [0.3, 0.4) is 0 Å². The van der Waals surface area contributed by atoms with Gasteiger partial charge in [0.2, 0.25) is 0 Å². The van der Waals surface area contributed by atoms with E-state index >= 15 is 0 Å². The predicted octanol–water partition coefficient (Wildman–Crippen LogP) is -1.88. The summed E-state index contributed by atoms with van der Waals surface area (Å²) in [5.41, 5.74) is -0.788. The summed E-state index contributed by atoms with van der Waals surface area (Å²) in [5.74, 6) is -2.97. The number of aliphatic carboxylic acids is 1. The Kier molecular flexibility index (Phi) is 21.8. The SMILES string of the molecule is CCCCCCC(C)(CCCCCC)OOC(=O)C(CC(=O)O)S(=O)(=O)O.[H-].[H-].[Na+].[Na+]. The monoisotopic (exact) mass is 458 g/mol. The third kappa shape index (κ3) is 17.1. The maximum atomic E-state index is 12.0. The van der Waals surface area contributed by atoms with Gasteiger partial charge in [-0.25, -0.2) is 4.79 Å². The number of hydrogen-bond donors (Lipinski definition) is 2. The largest absolute Gasteiger partial charge is 1.00 e. The molecule has 0 fully saturated rings. The molecule has 0 amide bonds. The van der Waals surface area contributed by atoms with Crippen molar-refractivity contribution in [3.63, 3.8) is 0 Å². The Morgan fingerprint density at radius 3 is 1.76 bits per heavy atom. The fraction of sp³-hybridized carbons (Fsp3) is 0.889. The van der Waals surface area contributed by atoms with Crippen molar-refractivity contribution in [3.8, 4) is 0 Å². The van der Waals surface area contributed by atoms with Crippen molar-refractivity contribution in [3.05, 3.63) is 0 Å². The number of rotatable bonds is 16. The molecule has 8 nitrogen and oxygen atoms in total. The van der Waals surface area contributed by atoms with Gasteiger partial charge < -0.3 is 7.96 Å². The molecule has 0 aromatic heterocycles. The zero-order valence-electron chi connectivity index (χ0n) is 20.6. The van der Waals surface area contributed by atoms with Crippen LogP contribution in [0.15, 0.2) is 0 Å². The fourth-order valence-electron chi connectivity index (χ4n) is 2.72. The Balaban J connectivity index is -0.000000563. The Morgan fingerprint density at radius 1 is 0.966 bits per heavy atom. The fourth-order valence-corrected chi connectivity index (χ4v) is 3.36. The normalized spacial score (nSPS) is 12.4. The van der Waals surface area contributed by atoms with Crippen molar-refractivity contribution < 1.29 is 99.4 Å². The van der Waals surface area contributed by atoms with Gasteiger partial charge in [0.05, 0.1) is 6.42 Å². The van der Waals surface area contributed by atoms with E-state index in [1.165, 1.54) is 0 Å². The Bertz CT molecular complexity index is 553. The number of carbonyl (C=O) groups is 2. The minimum atomic E-state index is -4.91. The van der Waals surface area contributed by atoms with E-state index in [1.807, 2.05) is 0 Å². The van der Waals surface area contributed by atoms with E-state index in [0.717, 1.165) is 51.4 Å². The first-order chi connectivity index (χ1) is 12.6. The Hall–Kier alpha value is 0.810. The van der Waals surface area contributed by atoms with Gasteiger partial charge in [-0.3, -0.25) is 14.2 Å². The molecule has 1 unspecified atom stereocenters. The van der Waals surface area contributed by atoms with Crippen LogP contribution >= 0.6 is 0 Å². The van der Waals surface area contributed by atoms with E-state index in [-0.39, 0.29) is 62.0 Å². The van der Waals surface area contributed by atoms with Gasteiger partial charge in [0.1, 0.15) is 5.60 Å². The first-order valence-electron chi connectivity index (χ1n) is 9.63. The molecule has 0 aromatic carbocycles. The second-order valence-corrected chi connectivity index (χ2v) is 8.76. The van der Waals surface area contributed by atoms with E-state index in [4.69, 9.17) is 14.5 Å². The van der Waals surface area contributed by atoms with Crippen LogP contribution in [0.2, 0.25) is 0 Å². The van der Waals surface area contributed by atoms with Gasteiger partial charge in [0.15, 0.2) is 5.25 Å². The second-order valence-electron chi connectivity index (χ2n) is 7.16. The van der Waals surface area contributed by atoms with Crippen molar-refractivity contribution in [2.45, 2.75) is 102 Å². The molecule has 2 N–H and O–H groups in total. The molecule has 0 spiro atoms. The van der Waals surface area contributed by atoms with Crippen LogP contribution in [-0.2, 0) is 29.5 Å². The predicted molar refractivity (Wildman–Crippen MR) is 103 cm³/mol. The van der Waals surface area contributed by atoms with Crippen LogP contribution in [0.4, 0.5) is 0 Å². The first kappa shape index (κ1) is 34.4. The Morgan fingerprint density at radius 2 is 1.41 bits per heavy atom. The number of carbonyl (C=O) groups excluding carboxylic acids is 1. The summed E-state index contributed by atoms with van der Waals surface area (Å²) in [4.78, 5) is 32.7. The van der Waals surface area contributed by atoms with Crippen molar-refractivity contribution in [2.75, 3.05) is 0 Å². The minimum Gasteiger partial charge on any atom is -1.00 e. The van der Waals surface area contributed by atoms with E-state index < -0.39 is 39.3 Å². The molecule has 11 heteroatoms. The smallest absolute Gasteiger partial charge is 1.00 e. The van der Waals surface area contributed by atoms with Gasteiger partial charge in [-0.1, -0.05) is 65.2 Å². The molecule has 0 rings (SSSR count). The molecule has 0 aliphatic rings. The zero-order valence-corrected chi connectivity index (χ0v) is 23.4. The van der Waals surface area contributed by atoms with E-state index in [9.17, 15) is 18.0 Å². The van der Waals surface area contributed by atoms with Crippen molar-refractivity contribution in [1.82, 2.24) is 0 Å². The standard InChI is InChI=1S/C18H34O8S.2Na.2H/c1-4-6-8-10-12-18(3,13-11-9-7-5-2)26-25-17(21)15(14-16(19)20)27(22,23)24;;;;/h15H,4-14H2,1-3H3,(H,19,20)(H,22,23,24);;;;/q;2*+1;2*-1. The van der Waals surface area contributed by atoms with Crippen LogP contribution in [0, 0.1) is 0 Å². The molecule has 0 radical (unpaired) electrons. The topological polar surface area (TPSA) is 127 Å². The molecule has 1 atom stereocenters. The molecule has 164 valence electrons. The van der Waals surface area contributed by atoms with Gasteiger partial charge in [-0.05, 0) is 19.8 Å². The third-order valence-electron chi connectivity index (χ3n) is 4.43. The molecule has 0 aliphatic carbocycles. The van der Waals surface area contributed by atoms with Gasteiger partial charge in [-0.2, -0.15) is 13.3 Å². The molecular weight excluding hydrogens is 422 g/mol. The molecule has 0 saturated heterocycles. The molecule has 0 saturated carbocycles. The number of carboxylic acid groups (broad SMARTS) is 1. The number of unbranched alkanes of at least 4 members (excludes halogenated alkanes) is 6. The summed E-state index contributed by atoms with van der Waals surface area (Å²) in [5, 5.41) is 6.52. The third-order valence-corrected chi connectivity index (χ3v) is 5.50. The van der Waals surface area contributed by atoms with Crippen molar-refractivity contribution >= 4 is 22.1 Å². The van der Waals surface area contributed by atoms with E-state index in [2.05, 4.69) is 18.7 Å². The minimum absolute atomic E-state index is 0. The molecule has 0 bridgehead atoms. The molecular formula is C18H36Na2O8S. The van der Waals surface area contributed by atoms with Gasteiger partial charge in [0.25, 0.3) is 10.1 Å². The van der Waals surface area contributed by atoms with E-state index in [1.54, 1.807) is 6.92 Å². The van der Waals surface area contributed by atoms with Crippen molar-refractivity contribution in [2.24, 2.45) is 0 Å². The molecule has 29 heavy (non-hydrogen) atoms. The molecule has 0 heterocycles. The average molecular weight is 459 g/mol. The van der Waals surface area contributed by atoms with Crippen LogP contribution in [0.25, 0.3) is 0 Å². The summed E-state index contributed by atoms with van der Waals surface area (Å²) < 4.78 is 31.6. The van der Waals surface area contributed by atoms with Crippen LogP contribution < -0.4 is 59.1 Å². The van der Waals surface area contributed by atoms with Crippen LogP contribution in [0.1, 0.15) is 94.3 Å². The number of carboxylic acids is 1. The number of hydrogen-bond acceptors (Lipinski definition) is 6. The summed E-state index contributed by atoms with van der Waals surface area (Å²) in [6.45, 7) is 5.98. The molecule has 0 aromatic rings. The van der Waals surface area contributed by atoms with Gasteiger partial charge >= 0.3 is 71.1 Å². The summed E-state index contributed by atoms with van der Waals surface area (Å²) in [6.07, 6.45) is 8.22. The summed E-state index contributed by atoms with van der Waals surface area (Å²) in [6, 6.07) is 0. The van der Waals surface area contributed by atoms with Crippen LogP contribution in [0.5, 0.6) is 0 Å². The Labute approximate surface area is 222 Å². The first-order valence-corrected chi connectivity index (χ1v) is 11.1. The van der Waals surface area contributed by atoms with Crippen molar-refractivity contribution in [1.29, 1.82) is 0 Å². The maximum absolute atomic E-state index is 12.0. The van der Waals surface area contributed by atoms with Crippen LogP contribution in [-0.4, -0.2) is 40.9 Å². The summed E-state index contributed by atoms with van der Waals surface area (Å²) in [7, 11) is -4.91. The molecule has 0 aliphatic heterocycles. The maximum Gasteiger partial charge on any atom is 1.00 e. The second kappa shape index (κ2) is 18.4.